The van der Waals surface area contributed by atoms with Crippen LogP contribution in [0.25, 0.3) is 0 Å². The van der Waals surface area contributed by atoms with Gasteiger partial charge in [-0.15, -0.1) is 0 Å². The van der Waals surface area contributed by atoms with Gasteiger partial charge in [-0.25, -0.2) is 4.79 Å². The maximum atomic E-state index is 12.6. The molecular weight excluding hydrogens is 358 g/mol. The summed E-state index contributed by atoms with van der Waals surface area (Å²) in [5.41, 5.74) is 0.830. The number of para-hydroxylation sites is 1. The van der Waals surface area contributed by atoms with Crippen LogP contribution in [0.5, 0.6) is 11.5 Å². The quantitative estimate of drug-likeness (QED) is 0.683. The van der Waals surface area contributed by atoms with Gasteiger partial charge in [-0.05, 0) is 36.4 Å². The summed E-state index contributed by atoms with van der Waals surface area (Å²) in [6, 6.07) is 16.9. The molecule has 0 bridgehead atoms. The topological polar surface area (TPSA) is 101 Å². The van der Waals surface area contributed by atoms with Gasteiger partial charge in [0, 0.05) is 6.20 Å². The first-order chi connectivity index (χ1) is 13.6. The summed E-state index contributed by atoms with van der Waals surface area (Å²) in [7, 11) is 1.22. The number of pyridine rings is 1. The Kier molecular flexibility index (Phi) is 5.63. The number of nitrogens with zero attached hydrogens (tertiary/aromatic N) is 2. The molecule has 1 N–H and O–H groups in total. The second-order valence-corrected chi connectivity index (χ2v) is 5.64. The molecule has 7 heteroatoms. The molecule has 0 aliphatic rings. The maximum Gasteiger partial charge on any atom is 0.340 e. The molecule has 1 amide bonds. The molecule has 0 spiro atoms. The first-order valence-corrected chi connectivity index (χ1v) is 8.22. The highest BCUT2D eigenvalue weighted by Gasteiger charge is 2.16. The fraction of sp³-hybridized carbons (Fsp3) is 0.0476. The molecule has 0 radical (unpaired) electrons. The van der Waals surface area contributed by atoms with E-state index in [-0.39, 0.29) is 22.4 Å². The van der Waals surface area contributed by atoms with E-state index in [9.17, 15) is 9.59 Å². The van der Waals surface area contributed by atoms with Crippen LogP contribution in [0.2, 0.25) is 0 Å². The molecule has 0 saturated heterocycles. The first-order valence-electron chi connectivity index (χ1n) is 8.22. The zero-order chi connectivity index (χ0) is 19.9. The molecule has 3 aromatic rings. The second-order valence-electron chi connectivity index (χ2n) is 5.64. The number of anilines is 1. The minimum absolute atomic E-state index is 0.0829. The highest BCUT2D eigenvalue weighted by Crippen LogP contribution is 2.23. The Bertz CT molecular complexity index is 1060. The monoisotopic (exact) mass is 373 g/mol. The van der Waals surface area contributed by atoms with Crippen molar-refractivity contribution in [2.45, 2.75) is 0 Å². The molecule has 0 aliphatic heterocycles. The normalized spacial score (nSPS) is 9.86. The number of aromatic nitrogens is 1. The molecule has 0 unspecified atom stereocenters. The summed E-state index contributed by atoms with van der Waals surface area (Å²) in [6.07, 6.45) is 2.88. The summed E-state index contributed by atoms with van der Waals surface area (Å²) in [5.74, 6) is -0.138. The van der Waals surface area contributed by atoms with E-state index in [1.54, 1.807) is 12.1 Å². The van der Waals surface area contributed by atoms with E-state index in [0.717, 1.165) is 0 Å². The number of esters is 1. The lowest BCUT2D eigenvalue weighted by Crippen LogP contribution is -2.16. The van der Waals surface area contributed by atoms with Gasteiger partial charge in [0.1, 0.15) is 11.5 Å². The molecule has 28 heavy (non-hydrogen) atoms. The Morgan fingerprint density at radius 1 is 1.04 bits per heavy atom. The molecule has 0 aliphatic carbocycles. The van der Waals surface area contributed by atoms with Crippen LogP contribution in [0.15, 0.2) is 67.0 Å². The predicted octanol–water partition coefficient (Wildman–Crippen LogP) is 3.78. The number of carbonyl (C=O) groups excluding carboxylic acids is 2. The Morgan fingerprint density at radius 3 is 2.54 bits per heavy atom. The van der Waals surface area contributed by atoms with E-state index < -0.39 is 11.9 Å². The zero-order valence-corrected chi connectivity index (χ0v) is 14.9. The highest BCUT2D eigenvalue weighted by molar-refractivity contribution is 6.08. The van der Waals surface area contributed by atoms with Crippen molar-refractivity contribution in [1.82, 2.24) is 4.98 Å². The van der Waals surface area contributed by atoms with Gasteiger partial charge in [0.2, 0.25) is 0 Å². The molecule has 1 aromatic heterocycles. The zero-order valence-electron chi connectivity index (χ0n) is 14.9. The lowest BCUT2D eigenvalue weighted by atomic mass is 10.1. The third-order valence-electron chi connectivity index (χ3n) is 3.76. The molecule has 0 fully saturated rings. The smallest absolute Gasteiger partial charge is 0.340 e. The van der Waals surface area contributed by atoms with Gasteiger partial charge in [0.05, 0.1) is 41.8 Å². The van der Waals surface area contributed by atoms with Crippen LogP contribution >= 0.6 is 0 Å². The first kappa shape index (κ1) is 18.6. The molecular formula is C21H15N3O4. The van der Waals surface area contributed by atoms with Crippen LogP contribution in [0.4, 0.5) is 5.69 Å². The van der Waals surface area contributed by atoms with Crippen molar-refractivity contribution in [1.29, 1.82) is 5.26 Å². The van der Waals surface area contributed by atoms with Gasteiger partial charge in [-0.3, -0.25) is 9.78 Å². The van der Waals surface area contributed by atoms with Crippen LogP contribution in [0, 0.1) is 11.3 Å². The average molecular weight is 373 g/mol. The number of nitrogens with one attached hydrogen (secondary N) is 1. The number of ether oxygens (including phenoxy) is 2. The van der Waals surface area contributed by atoms with Crippen LogP contribution in [0.1, 0.15) is 26.3 Å². The highest BCUT2D eigenvalue weighted by atomic mass is 16.5. The Balaban J connectivity index is 1.83. The van der Waals surface area contributed by atoms with E-state index >= 15 is 0 Å². The summed E-state index contributed by atoms with van der Waals surface area (Å²) in [4.78, 5) is 28.6. The van der Waals surface area contributed by atoms with Gasteiger partial charge >= 0.3 is 5.97 Å². The van der Waals surface area contributed by atoms with Crippen molar-refractivity contribution in [2.24, 2.45) is 0 Å². The number of methoxy groups -OCH3 is 1. The van der Waals surface area contributed by atoms with Gasteiger partial charge in [-0.1, -0.05) is 18.2 Å². The van der Waals surface area contributed by atoms with Gasteiger partial charge in [-0.2, -0.15) is 5.26 Å². The molecule has 138 valence electrons. The standard InChI is InChI=1S/C21H15N3O4/c1-27-21(26)18-9-14(11-22)7-8-19(18)24-20(25)15-10-17(13-23-12-15)28-16-5-3-2-4-6-16/h2-10,12-13H,1H3,(H,24,25). The number of benzene rings is 2. The molecule has 0 atom stereocenters. The van der Waals surface area contributed by atoms with Crippen molar-refractivity contribution in [3.63, 3.8) is 0 Å². The summed E-state index contributed by atoms with van der Waals surface area (Å²) in [5, 5.41) is 11.6. The minimum atomic E-state index is -0.660. The number of nitriles is 1. The van der Waals surface area contributed by atoms with Crippen molar-refractivity contribution in [3.05, 3.63) is 83.7 Å². The second kappa shape index (κ2) is 8.47. The number of hydrogen-bond donors (Lipinski definition) is 1. The fourth-order valence-corrected chi connectivity index (χ4v) is 2.42. The summed E-state index contributed by atoms with van der Waals surface area (Å²) < 4.78 is 10.4. The Hall–Kier alpha value is -4.18. The average Bonchev–Trinajstić information content (AvgIpc) is 2.74. The van der Waals surface area contributed by atoms with E-state index in [2.05, 4.69) is 10.3 Å². The number of amides is 1. The largest absolute Gasteiger partial charge is 0.465 e. The third-order valence-corrected chi connectivity index (χ3v) is 3.76. The molecule has 3 rings (SSSR count). The van der Waals surface area contributed by atoms with E-state index in [4.69, 9.17) is 14.7 Å². The number of carbonyl (C=O) groups is 2. The van der Waals surface area contributed by atoms with E-state index in [0.29, 0.717) is 11.5 Å². The van der Waals surface area contributed by atoms with Gasteiger partial charge in [0.15, 0.2) is 0 Å². The van der Waals surface area contributed by atoms with Crippen LogP contribution in [-0.2, 0) is 4.74 Å². The number of hydrogen-bond acceptors (Lipinski definition) is 6. The summed E-state index contributed by atoms with van der Waals surface area (Å²) >= 11 is 0. The van der Waals surface area contributed by atoms with E-state index in [1.165, 1.54) is 43.8 Å². The predicted molar refractivity (Wildman–Crippen MR) is 101 cm³/mol. The Labute approximate surface area is 161 Å². The molecule has 2 aromatic carbocycles. The summed E-state index contributed by atoms with van der Waals surface area (Å²) in [6.45, 7) is 0. The lowest BCUT2D eigenvalue weighted by molar-refractivity contribution is 0.0602. The third kappa shape index (κ3) is 4.31. The van der Waals surface area contributed by atoms with Gasteiger partial charge < -0.3 is 14.8 Å². The number of rotatable bonds is 5. The molecule has 1 heterocycles. The van der Waals surface area contributed by atoms with Crippen molar-refractivity contribution in [3.8, 4) is 17.6 Å². The van der Waals surface area contributed by atoms with Crippen molar-refractivity contribution < 1.29 is 19.1 Å². The fourth-order valence-electron chi connectivity index (χ4n) is 2.42. The van der Waals surface area contributed by atoms with Crippen LogP contribution in [-0.4, -0.2) is 24.0 Å². The van der Waals surface area contributed by atoms with E-state index in [1.807, 2.05) is 24.3 Å². The SMILES string of the molecule is COC(=O)c1cc(C#N)ccc1NC(=O)c1cncc(Oc2ccccc2)c1. The van der Waals surface area contributed by atoms with Crippen molar-refractivity contribution in [2.75, 3.05) is 12.4 Å². The molecule has 0 saturated carbocycles. The minimum Gasteiger partial charge on any atom is -0.465 e. The van der Waals surface area contributed by atoms with Crippen molar-refractivity contribution >= 4 is 17.6 Å². The lowest BCUT2D eigenvalue weighted by Gasteiger charge is -2.11. The Morgan fingerprint density at radius 2 is 1.82 bits per heavy atom. The van der Waals surface area contributed by atoms with Crippen LogP contribution in [0.3, 0.4) is 0 Å². The van der Waals surface area contributed by atoms with Crippen LogP contribution < -0.4 is 10.1 Å². The maximum absolute atomic E-state index is 12.6. The molecule has 7 nitrogen and oxygen atoms in total. The van der Waals surface area contributed by atoms with Gasteiger partial charge in [0.25, 0.3) is 5.91 Å².